The van der Waals surface area contributed by atoms with E-state index in [1.54, 1.807) is 0 Å². The third-order valence-electron chi connectivity index (χ3n) is 8.96. The highest BCUT2D eigenvalue weighted by molar-refractivity contribution is 6.15. The van der Waals surface area contributed by atoms with Gasteiger partial charge in [-0.3, -0.25) is 0 Å². The van der Waals surface area contributed by atoms with Crippen molar-refractivity contribution in [1.29, 1.82) is 0 Å². The van der Waals surface area contributed by atoms with Crippen molar-refractivity contribution in [2.75, 3.05) is 0 Å². The zero-order valence-corrected chi connectivity index (χ0v) is 26.5. The van der Waals surface area contributed by atoms with Gasteiger partial charge in [-0.05, 0) is 51.6 Å². The number of hydrogen-bond donors (Lipinski definition) is 0. The van der Waals surface area contributed by atoms with Gasteiger partial charge in [-0.2, -0.15) is 0 Å². The van der Waals surface area contributed by atoms with Crippen LogP contribution in [0.3, 0.4) is 0 Å². The molecule has 230 valence electrons. The second-order valence-electron chi connectivity index (χ2n) is 12.0. The van der Waals surface area contributed by atoms with Crippen molar-refractivity contribution in [3.63, 3.8) is 0 Å². The molecule has 2 heterocycles. The van der Waals surface area contributed by atoms with Gasteiger partial charge in [-0.25, -0.2) is 15.0 Å². The van der Waals surface area contributed by atoms with Gasteiger partial charge in [0.15, 0.2) is 17.5 Å². The number of para-hydroxylation sites is 1. The van der Waals surface area contributed by atoms with Crippen LogP contribution in [0.1, 0.15) is 0 Å². The van der Waals surface area contributed by atoms with Crippen LogP contribution in [0, 0.1) is 0 Å². The number of aromatic nitrogens is 3. The number of fused-ring (bicyclic) bond motifs is 3. The largest absolute Gasteiger partial charge is 0.455 e. The summed E-state index contributed by atoms with van der Waals surface area (Å²) in [7, 11) is 0. The van der Waals surface area contributed by atoms with Gasteiger partial charge in [-0.15, -0.1) is 0 Å². The van der Waals surface area contributed by atoms with Crippen LogP contribution >= 0.6 is 0 Å². The molecule has 49 heavy (non-hydrogen) atoms. The van der Waals surface area contributed by atoms with E-state index in [0.717, 1.165) is 55.3 Å². The molecule has 0 atom stereocenters. The van der Waals surface area contributed by atoms with E-state index in [1.807, 2.05) is 78.9 Å². The van der Waals surface area contributed by atoms with E-state index in [-0.39, 0.29) is 0 Å². The Kier molecular flexibility index (Phi) is 7.10. The van der Waals surface area contributed by atoms with Crippen LogP contribution in [0.15, 0.2) is 180 Å². The van der Waals surface area contributed by atoms with E-state index in [0.29, 0.717) is 17.5 Å². The minimum atomic E-state index is 0.569. The number of furan rings is 1. The van der Waals surface area contributed by atoms with Crippen molar-refractivity contribution in [1.82, 2.24) is 15.0 Å². The fraction of sp³-hybridized carbons (Fsp3) is 0. The Hall–Kier alpha value is -6.65. The molecule has 0 saturated heterocycles. The predicted molar refractivity (Wildman–Crippen MR) is 200 cm³/mol. The van der Waals surface area contributed by atoms with Gasteiger partial charge < -0.3 is 4.42 Å². The maximum atomic E-state index is 6.66. The molecule has 4 heteroatoms. The van der Waals surface area contributed by atoms with E-state index >= 15 is 0 Å². The minimum absolute atomic E-state index is 0.569. The summed E-state index contributed by atoms with van der Waals surface area (Å²) in [4.78, 5) is 14.9. The molecule has 0 aliphatic rings. The quantitative estimate of drug-likeness (QED) is 0.184. The van der Waals surface area contributed by atoms with Crippen LogP contribution in [0.4, 0.5) is 0 Å². The lowest BCUT2D eigenvalue weighted by molar-refractivity contribution is 0.669. The monoisotopic (exact) mass is 627 g/mol. The Morgan fingerprint density at radius 1 is 0.327 bits per heavy atom. The molecule has 0 saturated carbocycles. The minimum Gasteiger partial charge on any atom is -0.455 e. The first-order valence-corrected chi connectivity index (χ1v) is 16.4. The van der Waals surface area contributed by atoms with Crippen molar-refractivity contribution in [2.24, 2.45) is 0 Å². The molecule has 0 unspecified atom stereocenters. The molecule has 7 aromatic carbocycles. The molecule has 0 N–H and O–H groups in total. The Morgan fingerprint density at radius 2 is 0.796 bits per heavy atom. The van der Waals surface area contributed by atoms with E-state index in [1.165, 1.54) is 16.7 Å². The van der Waals surface area contributed by atoms with E-state index in [4.69, 9.17) is 19.4 Å². The third kappa shape index (κ3) is 5.35. The van der Waals surface area contributed by atoms with Gasteiger partial charge in [-0.1, -0.05) is 158 Å². The Bertz CT molecular complexity index is 2520. The molecule has 0 amide bonds. The van der Waals surface area contributed by atoms with Gasteiger partial charge in [0.2, 0.25) is 0 Å². The molecule has 0 spiro atoms. The zero-order chi connectivity index (χ0) is 32.6. The van der Waals surface area contributed by atoms with E-state index in [9.17, 15) is 0 Å². The molecule has 0 radical (unpaired) electrons. The summed E-state index contributed by atoms with van der Waals surface area (Å²) in [6, 6.07) is 60.5. The summed E-state index contributed by atoms with van der Waals surface area (Å²) in [6.45, 7) is 0. The van der Waals surface area contributed by atoms with Gasteiger partial charge in [0.05, 0.1) is 5.56 Å². The van der Waals surface area contributed by atoms with Crippen LogP contribution in [0.2, 0.25) is 0 Å². The molecular weight excluding hydrogens is 599 g/mol. The second-order valence-corrected chi connectivity index (χ2v) is 12.0. The van der Waals surface area contributed by atoms with Gasteiger partial charge >= 0.3 is 0 Å². The molecule has 0 aliphatic carbocycles. The Balaban J connectivity index is 1.16. The zero-order valence-electron chi connectivity index (χ0n) is 26.5. The maximum absolute atomic E-state index is 6.66. The van der Waals surface area contributed by atoms with Crippen LogP contribution < -0.4 is 0 Å². The topological polar surface area (TPSA) is 51.8 Å². The van der Waals surface area contributed by atoms with Crippen LogP contribution in [0.25, 0.3) is 89.5 Å². The van der Waals surface area contributed by atoms with Crippen LogP contribution in [-0.2, 0) is 0 Å². The summed E-state index contributed by atoms with van der Waals surface area (Å²) < 4.78 is 6.66. The van der Waals surface area contributed by atoms with Gasteiger partial charge in [0, 0.05) is 21.9 Å². The summed E-state index contributed by atoms with van der Waals surface area (Å²) in [5, 5.41) is 2.08. The first kappa shape index (κ1) is 28.6. The predicted octanol–water partition coefficient (Wildman–Crippen LogP) is 11.8. The first-order chi connectivity index (χ1) is 24.3. The average Bonchev–Trinajstić information content (AvgIpc) is 3.58. The van der Waals surface area contributed by atoms with Crippen molar-refractivity contribution >= 4 is 21.9 Å². The molecule has 0 aliphatic heterocycles. The average molecular weight is 628 g/mol. The fourth-order valence-corrected chi connectivity index (χ4v) is 6.55. The van der Waals surface area contributed by atoms with E-state index < -0.39 is 0 Å². The fourth-order valence-electron chi connectivity index (χ4n) is 6.55. The molecule has 0 fully saturated rings. The van der Waals surface area contributed by atoms with Gasteiger partial charge in [0.1, 0.15) is 11.2 Å². The summed E-state index contributed by atoms with van der Waals surface area (Å²) >= 11 is 0. The lowest BCUT2D eigenvalue weighted by Gasteiger charge is -2.09. The number of hydrogen-bond acceptors (Lipinski definition) is 4. The van der Waals surface area contributed by atoms with Crippen molar-refractivity contribution < 1.29 is 4.42 Å². The lowest BCUT2D eigenvalue weighted by atomic mass is 9.95. The molecule has 9 rings (SSSR count). The highest BCUT2D eigenvalue weighted by atomic mass is 16.3. The number of benzene rings is 7. The normalized spacial score (nSPS) is 11.3. The second kappa shape index (κ2) is 12.2. The summed E-state index contributed by atoms with van der Waals surface area (Å²) in [5.41, 5.74) is 11.2. The molecular formula is C45H29N3O. The summed E-state index contributed by atoms with van der Waals surface area (Å²) in [6.07, 6.45) is 0. The maximum Gasteiger partial charge on any atom is 0.167 e. The van der Waals surface area contributed by atoms with Crippen LogP contribution in [-0.4, -0.2) is 15.0 Å². The molecule has 0 bridgehead atoms. The highest BCUT2D eigenvalue weighted by Crippen LogP contribution is 2.41. The van der Waals surface area contributed by atoms with Crippen molar-refractivity contribution in [3.8, 4) is 67.5 Å². The van der Waals surface area contributed by atoms with Crippen molar-refractivity contribution in [2.45, 2.75) is 0 Å². The SMILES string of the molecule is c1ccc(-c2ccc(-c3cccc(-c4cccc5oc6c(-c7nc(-c8ccccc8)nc(-c8ccccc8)n7)cccc6c45)c3)cc2)cc1. The number of nitrogens with zero attached hydrogens (tertiary/aromatic N) is 3. The van der Waals surface area contributed by atoms with Crippen LogP contribution in [0.5, 0.6) is 0 Å². The standard InChI is InChI=1S/C45H29N3O/c1-4-13-30(14-5-1)31-25-27-32(28-26-31)35-19-10-20-36(29-35)37-21-12-24-40-41(37)38-22-11-23-39(42(38)49-40)45-47-43(33-15-6-2-7-16-33)46-44(48-45)34-17-8-3-9-18-34/h1-29H. The highest BCUT2D eigenvalue weighted by Gasteiger charge is 2.19. The molecule has 2 aromatic heterocycles. The molecule has 9 aromatic rings. The smallest absolute Gasteiger partial charge is 0.167 e. The number of rotatable bonds is 6. The third-order valence-corrected chi connectivity index (χ3v) is 8.96. The first-order valence-electron chi connectivity index (χ1n) is 16.4. The summed E-state index contributed by atoms with van der Waals surface area (Å²) in [5.74, 6) is 1.80. The van der Waals surface area contributed by atoms with Crippen molar-refractivity contribution in [3.05, 3.63) is 176 Å². The Morgan fingerprint density at radius 3 is 1.45 bits per heavy atom. The van der Waals surface area contributed by atoms with E-state index in [2.05, 4.69) is 97.1 Å². The van der Waals surface area contributed by atoms with Gasteiger partial charge in [0.25, 0.3) is 0 Å². The Labute approximate surface area is 284 Å². The molecule has 4 nitrogen and oxygen atoms in total. The lowest BCUT2D eigenvalue weighted by Crippen LogP contribution is -2.00.